The highest BCUT2D eigenvalue weighted by Crippen LogP contribution is 2.37. The number of aryl methyl sites for hydroxylation is 1. The molecule has 1 amide bonds. The maximum absolute atomic E-state index is 12.6. The van der Waals surface area contributed by atoms with Gasteiger partial charge in [0.25, 0.3) is 5.16 Å². The first-order valence-corrected chi connectivity index (χ1v) is 10.4. The molecule has 1 aliphatic rings. The first-order valence-electron chi connectivity index (χ1n) is 7.97. The number of benzene rings is 1. The summed E-state index contributed by atoms with van der Waals surface area (Å²) in [4.78, 5) is 12.2. The van der Waals surface area contributed by atoms with Crippen LogP contribution in [0.2, 0.25) is 0 Å². The van der Waals surface area contributed by atoms with Crippen molar-refractivity contribution in [2.45, 2.75) is 43.9 Å². The van der Waals surface area contributed by atoms with Gasteiger partial charge in [0.15, 0.2) is 0 Å². The van der Waals surface area contributed by atoms with Crippen LogP contribution in [0.25, 0.3) is 0 Å². The normalized spacial score (nSPS) is 15.8. The van der Waals surface area contributed by atoms with Crippen LogP contribution >= 0.6 is 15.9 Å². The number of hydrogen-bond donors (Lipinski definition) is 1. The highest BCUT2D eigenvalue weighted by atomic mass is 79.9. The number of rotatable bonds is 6. The Morgan fingerprint density at radius 2 is 1.96 bits per heavy atom. The van der Waals surface area contributed by atoms with Crippen LogP contribution < -0.4 is 5.32 Å². The number of hydrogen-bond acceptors (Lipinski definition) is 5. The van der Waals surface area contributed by atoms with E-state index in [4.69, 9.17) is 0 Å². The standard InChI is InChI=1S/C16H19BrN4O3S/c1-10(12-3-5-13(17)6-4-12)18-15(22)9-25(23,24)16-20-19-11(2)21(16)14-7-8-14/h3-6,10,14H,7-9H2,1-2H3,(H,18,22)/t10-/m1/s1. The second-order valence-electron chi connectivity index (χ2n) is 6.23. The number of halogens is 1. The molecule has 25 heavy (non-hydrogen) atoms. The highest BCUT2D eigenvalue weighted by Gasteiger charge is 2.34. The van der Waals surface area contributed by atoms with Crippen molar-refractivity contribution in [3.63, 3.8) is 0 Å². The molecule has 7 nitrogen and oxygen atoms in total. The maximum atomic E-state index is 12.6. The average Bonchev–Trinajstić information content (AvgIpc) is 3.29. The van der Waals surface area contributed by atoms with Crippen LogP contribution in [0.1, 0.15) is 43.2 Å². The summed E-state index contributed by atoms with van der Waals surface area (Å²) in [6.07, 6.45) is 1.82. The lowest BCUT2D eigenvalue weighted by molar-refractivity contribution is -0.119. The predicted octanol–water partition coefficient (Wildman–Crippen LogP) is 2.34. The first-order chi connectivity index (χ1) is 11.8. The van der Waals surface area contributed by atoms with Gasteiger partial charge in [-0.1, -0.05) is 28.1 Å². The molecule has 0 aliphatic heterocycles. The predicted molar refractivity (Wildman–Crippen MR) is 95.8 cm³/mol. The van der Waals surface area contributed by atoms with Crippen molar-refractivity contribution in [1.82, 2.24) is 20.1 Å². The lowest BCUT2D eigenvalue weighted by Crippen LogP contribution is -2.33. The van der Waals surface area contributed by atoms with E-state index < -0.39 is 21.5 Å². The van der Waals surface area contributed by atoms with E-state index in [0.29, 0.717) is 5.82 Å². The zero-order valence-electron chi connectivity index (χ0n) is 13.9. The van der Waals surface area contributed by atoms with E-state index in [1.54, 1.807) is 11.5 Å². The molecule has 0 spiro atoms. The molecule has 134 valence electrons. The van der Waals surface area contributed by atoms with Gasteiger partial charge in [0.2, 0.25) is 15.7 Å². The molecule has 1 aliphatic carbocycles. The molecule has 1 N–H and O–H groups in total. The van der Waals surface area contributed by atoms with Gasteiger partial charge in [-0.25, -0.2) is 8.42 Å². The summed E-state index contributed by atoms with van der Waals surface area (Å²) in [7, 11) is -3.84. The molecule has 1 aromatic carbocycles. The Labute approximate surface area is 154 Å². The van der Waals surface area contributed by atoms with Gasteiger partial charge in [0.05, 0.1) is 6.04 Å². The maximum Gasteiger partial charge on any atom is 0.250 e. The minimum atomic E-state index is -3.84. The molecule has 1 aromatic heterocycles. The van der Waals surface area contributed by atoms with Crippen LogP contribution in [-0.2, 0) is 14.6 Å². The molecule has 0 saturated heterocycles. The first kappa shape index (κ1) is 18.1. The van der Waals surface area contributed by atoms with Crippen molar-refractivity contribution in [2.24, 2.45) is 0 Å². The van der Waals surface area contributed by atoms with E-state index in [2.05, 4.69) is 31.4 Å². The molecule has 1 saturated carbocycles. The number of amides is 1. The smallest absolute Gasteiger partial charge is 0.250 e. The van der Waals surface area contributed by atoms with E-state index in [1.807, 2.05) is 31.2 Å². The summed E-state index contributed by atoms with van der Waals surface area (Å²) in [6.45, 7) is 3.53. The number of carbonyl (C=O) groups excluding carboxylic acids is 1. The van der Waals surface area contributed by atoms with E-state index >= 15 is 0 Å². The minimum Gasteiger partial charge on any atom is -0.349 e. The van der Waals surface area contributed by atoms with Gasteiger partial charge in [-0.05, 0) is 44.4 Å². The van der Waals surface area contributed by atoms with Gasteiger partial charge in [0, 0.05) is 10.5 Å². The van der Waals surface area contributed by atoms with Crippen LogP contribution in [-0.4, -0.2) is 34.8 Å². The van der Waals surface area contributed by atoms with Crippen molar-refractivity contribution in [3.8, 4) is 0 Å². The third-order valence-electron chi connectivity index (χ3n) is 4.09. The molecule has 9 heteroatoms. The van der Waals surface area contributed by atoms with Gasteiger partial charge < -0.3 is 5.32 Å². The van der Waals surface area contributed by atoms with E-state index in [1.165, 1.54) is 0 Å². The molecular weight excluding hydrogens is 408 g/mol. The number of aromatic nitrogens is 3. The van der Waals surface area contributed by atoms with E-state index in [-0.39, 0.29) is 17.2 Å². The second kappa shape index (κ2) is 6.87. The van der Waals surface area contributed by atoms with Crippen molar-refractivity contribution in [1.29, 1.82) is 0 Å². The molecule has 0 unspecified atom stereocenters. The second-order valence-corrected chi connectivity index (χ2v) is 9.03. The molecular formula is C16H19BrN4O3S. The third kappa shape index (κ3) is 4.09. The Hall–Kier alpha value is -1.74. The molecule has 2 aromatic rings. The van der Waals surface area contributed by atoms with Gasteiger partial charge in [-0.15, -0.1) is 10.2 Å². The van der Waals surface area contributed by atoms with Crippen LogP contribution in [0.3, 0.4) is 0 Å². The average molecular weight is 427 g/mol. The Balaban J connectivity index is 1.70. The highest BCUT2D eigenvalue weighted by molar-refractivity contribution is 9.10. The molecule has 1 fully saturated rings. The number of nitrogens with one attached hydrogen (secondary N) is 1. The van der Waals surface area contributed by atoms with Crippen molar-refractivity contribution < 1.29 is 13.2 Å². The van der Waals surface area contributed by atoms with E-state index in [9.17, 15) is 13.2 Å². The molecule has 0 bridgehead atoms. The molecule has 1 heterocycles. The zero-order chi connectivity index (χ0) is 18.2. The third-order valence-corrected chi connectivity index (χ3v) is 6.10. The van der Waals surface area contributed by atoms with Gasteiger partial charge >= 0.3 is 0 Å². The van der Waals surface area contributed by atoms with E-state index in [0.717, 1.165) is 22.9 Å². The fourth-order valence-electron chi connectivity index (χ4n) is 2.67. The summed E-state index contributed by atoms with van der Waals surface area (Å²) in [5, 5.41) is 10.3. The number of carbonyl (C=O) groups is 1. The zero-order valence-corrected chi connectivity index (χ0v) is 16.3. The van der Waals surface area contributed by atoms with Gasteiger partial charge in [-0.2, -0.15) is 0 Å². The minimum absolute atomic E-state index is 0.112. The number of nitrogens with zero attached hydrogens (tertiary/aromatic N) is 3. The van der Waals surface area contributed by atoms with Crippen LogP contribution in [0.4, 0.5) is 0 Å². The summed E-state index contributed by atoms with van der Waals surface area (Å²) in [5.41, 5.74) is 0.894. The topological polar surface area (TPSA) is 94.0 Å². The number of sulfone groups is 1. The van der Waals surface area contributed by atoms with Crippen LogP contribution in [0.15, 0.2) is 33.9 Å². The Kier molecular flexibility index (Phi) is 4.97. The monoisotopic (exact) mass is 426 g/mol. The van der Waals surface area contributed by atoms with Crippen molar-refractivity contribution in [3.05, 3.63) is 40.1 Å². The SMILES string of the molecule is Cc1nnc(S(=O)(=O)CC(=O)N[C@H](C)c2ccc(Br)cc2)n1C1CC1. The van der Waals surface area contributed by atoms with Crippen molar-refractivity contribution in [2.75, 3.05) is 5.75 Å². The van der Waals surface area contributed by atoms with Crippen molar-refractivity contribution >= 4 is 31.7 Å². The molecule has 3 rings (SSSR count). The fourth-order valence-corrected chi connectivity index (χ4v) is 4.24. The van der Waals surface area contributed by atoms with Crippen LogP contribution in [0, 0.1) is 6.92 Å². The lowest BCUT2D eigenvalue weighted by atomic mass is 10.1. The largest absolute Gasteiger partial charge is 0.349 e. The molecule has 0 radical (unpaired) electrons. The van der Waals surface area contributed by atoms with Gasteiger partial charge in [0.1, 0.15) is 11.6 Å². The Morgan fingerprint density at radius 1 is 1.32 bits per heavy atom. The summed E-state index contributed by atoms with van der Waals surface area (Å²) >= 11 is 3.35. The van der Waals surface area contributed by atoms with Gasteiger partial charge in [-0.3, -0.25) is 9.36 Å². The van der Waals surface area contributed by atoms with Crippen LogP contribution in [0.5, 0.6) is 0 Å². The summed E-state index contributed by atoms with van der Waals surface area (Å²) < 4.78 is 27.7. The Bertz CT molecular complexity index is 889. The fraction of sp³-hybridized carbons (Fsp3) is 0.438. The molecule has 1 atom stereocenters. The lowest BCUT2D eigenvalue weighted by Gasteiger charge is -2.14. The summed E-state index contributed by atoms with van der Waals surface area (Å²) in [6, 6.07) is 7.32. The quantitative estimate of drug-likeness (QED) is 0.764. The Morgan fingerprint density at radius 3 is 2.56 bits per heavy atom. The summed E-state index contributed by atoms with van der Waals surface area (Å²) in [5.74, 6) is -0.637.